The van der Waals surface area contributed by atoms with Crippen molar-refractivity contribution >= 4 is 5.97 Å². The van der Waals surface area contributed by atoms with Crippen LogP contribution in [0, 0.1) is 5.41 Å². The van der Waals surface area contributed by atoms with Crippen molar-refractivity contribution in [2.75, 3.05) is 26.3 Å². The Morgan fingerprint density at radius 3 is 2.60 bits per heavy atom. The Bertz CT molecular complexity index is 823. The van der Waals surface area contributed by atoms with Crippen LogP contribution in [0.3, 0.4) is 0 Å². The summed E-state index contributed by atoms with van der Waals surface area (Å²) in [7, 11) is 0. The van der Waals surface area contributed by atoms with Crippen LogP contribution < -0.4 is 4.74 Å². The van der Waals surface area contributed by atoms with E-state index in [4.69, 9.17) is 9.47 Å². The molecule has 5 heteroatoms. The molecule has 1 saturated heterocycles. The van der Waals surface area contributed by atoms with Crippen LogP contribution >= 0.6 is 0 Å². The minimum Gasteiger partial charge on any atom is -0.494 e. The van der Waals surface area contributed by atoms with Crippen molar-refractivity contribution in [1.29, 1.82) is 0 Å². The van der Waals surface area contributed by atoms with Gasteiger partial charge < -0.3 is 14.6 Å². The Morgan fingerprint density at radius 2 is 1.90 bits per heavy atom. The number of aliphatic hydroxyl groups is 1. The Kier molecular flexibility index (Phi) is 7.88. The molecule has 1 heterocycles. The van der Waals surface area contributed by atoms with Gasteiger partial charge in [-0.25, -0.2) is 0 Å². The summed E-state index contributed by atoms with van der Waals surface area (Å²) in [5, 5.41) is 9.70. The summed E-state index contributed by atoms with van der Waals surface area (Å²) in [6, 6.07) is 16.2. The number of ether oxygens (including phenoxy) is 2. The zero-order valence-corrected chi connectivity index (χ0v) is 18.1. The molecule has 0 spiro atoms. The van der Waals surface area contributed by atoms with Crippen molar-refractivity contribution in [2.24, 2.45) is 5.41 Å². The number of likely N-dealkylation sites (tertiary alicyclic amines) is 1. The van der Waals surface area contributed by atoms with E-state index < -0.39 is 5.41 Å². The predicted molar refractivity (Wildman–Crippen MR) is 117 cm³/mol. The van der Waals surface area contributed by atoms with E-state index in [2.05, 4.69) is 17.0 Å². The molecule has 5 nitrogen and oxygen atoms in total. The number of esters is 1. The molecule has 1 N–H and O–H groups in total. The predicted octanol–water partition coefficient (Wildman–Crippen LogP) is 3.97. The smallest absolute Gasteiger partial charge is 0.313 e. The molecule has 3 rings (SSSR count). The number of nitrogens with zero attached hydrogens (tertiary/aromatic N) is 1. The highest BCUT2D eigenvalue weighted by atomic mass is 16.5. The summed E-state index contributed by atoms with van der Waals surface area (Å²) in [6.45, 7) is 7.06. The zero-order chi connectivity index (χ0) is 21.4. The fourth-order valence-electron chi connectivity index (χ4n) is 4.43. The van der Waals surface area contributed by atoms with Gasteiger partial charge in [-0.3, -0.25) is 9.69 Å². The number of benzene rings is 2. The molecule has 1 atom stereocenters. The molecule has 1 aliphatic rings. The molecule has 0 aromatic heterocycles. The Labute approximate surface area is 179 Å². The molecule has 0 bridgehead atoms. The number of rotatable bonds is 9. The molecule has 1 fully saturated rings. The highest BCUT2D eigenvalue weighted by Gasteiger charge is 2.43. The Hall–Kier alpha value is -2.37. The van der Waals surface area contributed by atoms with Crippen molar-refractivity contribution in [2.45, 2.75) is 46.3 Å². The van der Waals surface area contributed by atoms with Crippen molar-refractivity contribution in [1.82, 2.24) is 4.90 Å². The molecule has 0 amide bonds. The first-order chi connectivity index (χ1) is 14.6. The van der Waals surface area contributed by atoms with E-state index in [1.54, 1.807) is 0 Å². The molecule has 162 valence electrons. The van der Waals surface area contributed by atoms with E-state index >= 15 is 0 Å². The maximum Gasteiger partial charge on any atom is 0.313 e. The van der Waals surface area contributed by atoms with E-state index in [0.717, 1.165) is 48.4 Å². The molecule has 0 radical (unpaired) electrons. The maximum absolute atomic E-state index is 13.0. The second-order valence-corrected chi connectivity index (χ2v) is 8.01. The minimum absolute atomic E-state index is 0.0516. The second-order valence-electron chi connectivity index (χ2n) is 8.01. The number of carbonyl (C=O) groups is 1. The quantitative estimate of drug-likeness (QED) is 0.633. The highest BCUT2D eigenvalue weighted by Crippen LogP contribution is 2.36. The number of hydrogen-bond donors (Lipinski definition) is 1. The van der Waals surface area contributed by atoms with Crippen LogP contribution in [0.5, 0.6) is 5.75 Å². The van der Waals surface area contributed by atoms with Gasteiger partial charge in [-0.1, -0.05) is 36.4 Å². The number of piperidine rings is 1. The summed E-state index contributed by atoms with van der Waals surface area (Å²) in [5.41, 5.74) is 2.55. The van der Waals surface area contributed by atoms with Crippen LogP contribution in [0.15, 0.2) is 48.5 Å². The van der Waals surface area contributed by atoms with Gasteiger partial charge in [0.2, 0.25) is 0 Å². The summed E-state index contributed by atoms with van der Waals surface area (Å²) in [5.74, 6) is 0.633. The summed E-state index contributed by atoms with van der Waals surface area (Å²) >= 11 is 0. The lowest BCUT2D eigenvalue weighted by molar-refractivity contribution is -0.159. The monoisotopic (exact) mass is 411 g/mol. The lowest BCUT2D eigenvalue weighted by Crippen LogP contribution is -2.49. The minimum atomic E-state index is -0.527. The van der Waals surface area contributed by atoms with Gasteiger partial charge in [-0.05, 0) is 62.9 Å². The number of carbonyl (C=O) groups excluding carboxylic acids is 1. The lowest BCUT2D eigenvalue weighted by Gasteiger charge is -2.41. The molecule has 2 aromatic rings. The molecular formula is C25H33NO4. The molecule has 0 unspecified atom stereocenters. The average Bonchev–Trinajstić information content (AvgIpc) is 2.76. The third-order valence-electron chi connectivity index (χ3n) is 5.75. The molecular weight excluding hydrogens is 378 g/mol. The molecule has 2 aromatic carbocycles. The Balaban J connectivity index is 1.79. The first-order valence-electron chi connectivity index (χ1n) is 10.9. The summed E-state index contributed by atoms with van der Waals surface area (Å²) in [6.07, 6.45) is 2.48. The highest BCUT2D eigenvalue weighted by molar-refractivity contribution is 5.77. The topological polar surface area (TPSA) is 59.0 Å². The van der Waals surface area contributed by atoms with Crippen molar-refractivity contribution in [3.05, 3.63) is 65.2 Å². The second kappa shape index (κ2) is 10.6. The largest absolute Gasteiger partial charge is 0.494 e. The maximum atomic E-state index is 13.0. The third-order valence-corrected chi connectivity index (χ3v) is 5.75. The third kappa shape index (κ3) is 5.41. The lowest BCUT2D eigenvalue weighted by atomic mass is 9.75. The van der Waals surface area contributed by atoms with Gasteiger partial charge in [0.05, 0.1) is 25.2 Å². The van der Waals surface area contributed by atoms with Crippen molar-refractivity contribution in [3.8, 4) is 5.75 Å². The van der Waals surface area contributed by atoms with Crippen LogP contribution in [0.25, 0.3) is 0 Å². The number of aliphatic hydroxyl groups excluding tert-OH is 1. The van der Waals surface area contributed by atoms with Crippen LogP contribution in [-0.4, -0.2) is 42.3 Å². The molecule has 0 aliphatic carbocycles. The summed E-state index contributed by atoms with van der Waals surface area (Å²) in [4.78, 5) is 15.4. The van der Waals surface area contributed by atoms with E-state index in [1.165, 1.54) is 0 Å². The van der Waals surface area contributed by atoms with Gasteiger partial charge >= 0.3 is 5.97 Å². The van der Waals surface area contributed by atoms with Crippen molar-refractivity contribution < 1.29 is 19.4 Å². The van der Waals surface area contributed by atoms with Crippen molar-refractivity contribution in [3.63, 3.8) is 0 Å². The Morgan fingerprint density at radius 1 is 1.10 bits per heavy atom. The number of hydrogen-bond acceptors (Lipinski definition) is 5. The first kappa shape index (κ1) is 22.3. The van der Waals surface area contributed by atoms with Gasteiger partial charge in [0.1, 0.15) is 5.75 Å². The molecule has 1 aliphatic heterocycles. The van der Waals surface area contributed by atoms with Crippen LogP contribution in [-0.2, 0) is 29.1 Å². The zero-order valence-electron chi connectivity index (χ0n) is 18.1. The van der Waals surface area contributed by atoms with Gasteiger partial charge in [-0.15, -0.1) is 0 Å². The van der Waals surface area contributed by atoms with Gasteiger partial charge in [0.25, 0.3) is 0 Å². The van der Waals surface area contributed by atoms with Crippen LogP contribution in [0.4, 0.5) is 0 Å². The normalized spacial score (nSPS) is 19.4. The fraction of sp³-hybridized carbons (Fsp3) is 0.480. The SMILES string of the molecule is CCOC(=O)[C@@]1(Cc2ccccc2)CCCN(Cc2ccc(OCC)c(CO)c2)C1. The van der Waals surface area contributed by atoms with Crippen LogP contribution in [0.1, 0.15) is 43.4 Å². The van der Waals surface area contributed by atoms with Gasteiger partial charge in [0, 0.05) is 18.7 Å². The first-order valence-corrected chi connectivity index (χ1v) is 10.9. The average molecular weight is 412 g/mol. The van der Waals surface area contributed by atoms with Gasteiger partial charge in [0.15, 0.2) is 0 Å². The van der Waals surface area contributed by atoms with E-state index in [1.807, 2.05) is 50.2 Å². The van der Waals surface area contributed by atoms with Crippen LogP contribution in [0.2, 0.25) is 0 Å². The van der Waals surface area contributed by atoms with E-state index in [-0.39, 0.29) is 12.6 Å². The summed E-state index contributed by atoms with van der Waals surface area (Å²) < 4.78 is 11.1. The van der Waals surface area contributed by atoms with E-state index in [9.17, 15) is 9.90 Å². The molecule has 0 saturated carbocycles. The van der Waals surface area contributed by atoms with Gasteiger partial charge in [-0.2, -0.15) is 0 Å². The van der Waals surface area contributed by atoms with E-state index in [0.29, 0.717) is 26.2 Å². The standard InChI is InChI=1S/C25H33NO4/c1-3-29-23-12-11-21(15-22(23)18-27)17-26-14-8-13-25(19-26,24(28)30-4-2)16-20-9-6-5-7-10-20/h5-7,9-12,15,27H,3-4,8,13-14,16-19H2,1-2H3/t25-/m1/s1. The molecule has 30 heavy (non-hydrogen) atoms. The fourth-order valence-corrected chi connectivity index (χ4v) is 4.43.